The SMILES string of the molecule is [B]C(C)(F)Oc1ccc(COc2c(C(=O)NC(CCC3CC(=C)CC(C)C3)C(=O)OI)ccc3ccc(C)cc23)cc1. The van der Waals surface area contributed by atoms with Crippen molar-refractivity contribution in [2.24, 2.45) is 11.8 Å². The van der Waals surface area contributed by atoms with Crippen LogP contribution in [0.2, 0.25) is 0 Å². The first-order valence-electron chi connectivity index (χ1n) is 14.1. The van der Waals surface area contributed by atoms with E-state index in [9.17, 15) is 14.0 Å². The second kappa shape index (κ2) is 13.9. The monoisotopic (exact) mass is 683 g/mol. The molecule has 4 atom stereocenters. The summed E-state index contributed by atoms with van der Waals surface area (Å²) in [7, 11) is 5.30. The second-order valence-corrected chi connectivity index (χ2v) is 12.0. The molecular weight excluding hydrogens is 647 g/mol. The normalized spacial score (nSPS) is 19.0. The van der Waals surface area contributed by atoms with Crippen LogP contribution in [0.5, 0.6) is 11.5 Å². The number of halogens is 2. The van der Waals surface area contributed by atoms with Gasteiger partial charge in [0.1, 0.15) is 24.1 Å². The average molecular weight is 683 g/mol. The van der Waals surface area contributed by atoms with E-state index in [-0.39, 0.29) is 12.4 Å². The van der Waals surface area contributed by atoms with Crippen LogP contribution in [-0.4, -0.2) is 31.5 Å². The number of nitrogens with one attached hydrogen (secondary N) is 1. The maximum absolute atomic E-state index is 13.7. The first-order valence-corrected chi connectivity index (χ1v) is 15.0. The molecule has 4 rings (SSSR count). The fourth-order valence-corrected chi connectivity index (χ4v) is 5.97. The van der Waals surface area contributed by atoms with Crippen LogP contribution in [0, 0.1) is 18.8 Å². The highest BCUT2D eigenvalue weighted by molar-refractivity contribution is 14.1. The summed E-state index contributed by atoms with van der Waals surface area (Å²) in [5.41, 5.74) is 3.35. The van der Waals surface area contributed by atoms with Crippen molar-refractivity contribution < 1.29 is 26.5 Å². The van der Waals surface area contributed by atoms with E-state index in [1.807, 2.05) is 31.2 Å². The van der Waals surface area contributed by atoms with E-state index in [2.05, 4.69) is 18.8 Å². The molecule has 1 saturated carbocycles. The molecule has 0 aliphatic heterocycles. The molecule has 4 unspecified atom stereocenters. The highest BCUT2D eigenvalue weighted by atomic mass is 127. The number of benzene rings is 3. The summed E-state index contributed by atoms with van der Waals surface area (Å²) in [5, 5.41) is 4.60. The van der Waals surface area contributed by atoms with Gasteiger partial charge in [0.25, 0.3) is 5.91 Å². The van der Waals surface area contributed by atoms with E-state index in [1.54, 1.807) is 53.3 Å². The van der Waals surface area contributed by atoms with E-state index < -0.39 is 23.7 Å². The smallest absolute Gasteiger partial charge is 0.338 e. The van der Waals surface area contributed by atoms with Gasteiger partial charge in [-0.3, -0.25) is 4.79 Å². The predicted octanol–water partition coefficient (Wildman–Crippen LogP) is 7.68. The van der Waals surface area contributed by atoms with Gasteiger partial charge in [0.15, 0.2) is 36.6 Å². The first-order chi connectivity index (χ1) is 19.9. The van der Waals surface area contributed by atoms with Crippen LogP contribution in [0.25, 0.3) is 10.8 Å². The number of aryl methyl sites for hydroxylation is 1. The fraction of sp³-hybridized carbons (Fsp3) is 0.394. The maximum atomic E-state index is 13.7. The van der Waals surface area contributed by atoms with Crippen molar-refractivity contribution in [1.29, 1.82) is 0 Å². The minimum Gasteiger partial charge on any atom is -0.487 e. The molecule has 42 heavy (non-hydrogen) atoms. The van der Waals surface area contributed by atoms with E-state index in [1.165, 1.54) is 5.57 Å². The molecule has 9 heteroatoms. The molecule has 1 fully saturated rings. The predicted molar refractivity (Wildman–Crippen MR) is 172 cm³/mol. The number of hydrogen-bond acceptors (Lipinski definition) is 5. The molecule has 0 spiro atoms. The molecule has 0 aromatic heterocycles. The summed E-state index contributed by atoms with van der Waals surface area (Å²) in [5.74, 6) is -1.52. The third kappa shape index (κ3) is 8.72. The van der Waals surface area contributed by atoms with Gasteiger partial charge < -0.3 is 17.9 Å². The minimum absolute atomic E-state index is 0.145. The molecule has 0 saturated heterocycles. The van der Waals surface area contributed by atoms with E-state index in [0.29, 0.717) is 29.6 Å². The van der Waals surface area contributed by atoms with Crippen LogP contribution in [0.1, 0.15) is 67.4 Å². The standard InChI is InChI=1S/C33H36BFINO5/c1-20-5-9-25-10-13-27(30(28(25)18-20)40-19-23-6-11-26(12-7-23)41-33(4,34)35)31(38)37-29(32(39)42-36)14-8-24-16-21(2)15-22(3)17-24/h5-7,9-13,18,22,24,29H,2,8,14-17,19H2,1,3-4H3,(H,37,38). The fourth-order valence-electron chi connectivity index (χ4n) is 5.66. The Morgan fingerprint density at radius 3 is 2.55 bits per heavy atom. The van der Waals surface area contributed by atoms with Crippen LogP contribution in [-0.2, 0) is 14.5 Å². The Labute approximate surface area is 262 Å². The zero-order chi connectivity index (χ0) is 30.4. The van der Waals surface area contributed by atoms with Crippen LogP contribution in [0.3, 0.4) is 0 Å². The van der Waals surface area contributed by atoms with Gasteiger partial charge >= 0.3 is 5.97 Å². The van der Waals surface area contributed by atoms with Crippen molar-refractivity contribution >= 4 is 53.5 Å². The highest BCUT2D eigenvalue weighted by Gasteiger charge is 2.28. The largest absolute Gasteiger partial charge is 0.487 e. The van der Waals surface area contributed by atoms with Crippen LogP contribution < -0.4 is 14.8 Å². The lowest BCUT2D eigenvalue weighted by Crippen LogP contribution is -2.41. The van der Waals surface area contributed by atoms with Crippen molar-refractivity contribution in [3.63, 3.8) is 0 Å². The number of hydrogen-bond donors (Lipinski definition) is 1. The maximum Gasteiger partial charge on any atom is 0.338 e. The summed E-state index contributed by atoms with van der Waals surface area (Å²) < 4.78 is 30.0. The van der Waals surface area contributed by atoms with Crippen molar-refractivity contribution in [3.05, 3.63) is 83.4 Å². The first kappa shape index (κ1) is 31.9. The quantitative estimate of drug-likeness (QED) is 0.128. The molecule has 1 aliphatic carbocycles. The van der Waals surface area contributed by atoms with E-state index in [4.69, 9.17) is 20.4 Å². The van der Waals surface area contributed by atoms with E-state index >= 15 is 0 Å². The molecule has 3 aromatic rings. The summed E-state index contributed by atoms with van der Waals surface area (Å²) in [6, 6.07) is 15.4. The molecule has 0 heterocycles. The highest BCUT2D eigenvalue weighted by Crippen LogP contribution is 2.35. The lowest BCUT2D eigenvalue weighted by atomic mass is 9.77. The van der Waals surface area contributed by atoms with Crippen molar-refractivity contribution in [2.45, 2.75) is 71.3 Å². The Bertz CT molecular complexity index is 1440. The second-order valence-electron chi connectivity index (χ2n) is 11.6. The van der Waals surface area contributed by atoms with Gasteiger partial charge in [-0.2, -0.15) is 0 Å². The van der Waals surface area contributed by atoms with Gasteiger partial charge in [0.2, 0.25) is 0 Å². The number of carbonyl (C=O) groups excluding carboxylic acids is 2. The van der Waals surface area contributed by atoms with Crippen molar-refractivity contribution in [2.75, 3.05) is 0 Å². The number of ether oxygens (including phenoxy) is 2. The third-order valence-electron chi connectivity index (χ3n) is 7.48. The molecule has 3 aromatic carbocycles. The number of fused-ring (bicyclic) bond motifs is 1. The summed E-state index contributed by atoms with van der Waals surface area (Å²) in [4.78, 5) is 26.4. The van der Waals surface area contributed by atoms with Gasteiger partial charge in [-0.25, -0.2) is 9.18 Å². The summed E-state index contributed by atoms with van der Waals surface area (Å²) >= 11 is 1.57. The number of alkyl halides is 1. The molecule has 6 nitrogen and oxygen atoms in total. The van der Waals surface area contributed by atoms with Crippen molar-refractivity contribution in [3.8, 4) is 11.5 Å². The Morgan fingerprint density at radius 2 is 1.88 bits per heavy atom. The number of allylic oxidation sites excluding steroid dienone is 1. The summed E-state index contributed by atoms with van der Waals surface area (Å²) in [6.07, 6.45) is 4.31. The minimum atomic E-state index is -2.29. The Hall–Kier alpha value is -3.08. The molecule has 220 valence electrons. The van der Waals surface area contributed by atoms with Crippen LogP contribution in [0.4, 0.5) is 4.39 Å². The Kier molecular flexibility index (Phi) is 10.6. The van der Waals surface area contributed by atoms with Gasteiger partial charge in [-0.1, -0.05) is 55.0 Å². The van der Waals surface area contributed by atoms with Crippen LogP contribution in [0.15, 0.2) is 66.7 Å². The Morgan fingerprint density at radius 1 is 1.17 bits per heavy atom. The lowest BCUT2D eigenvalue weighted by Gasteiger charge is -2.29. The van der Waals surface area contributed by atoms with Gasteiger partial charge in [-0.05, 0) is 93.0 Å². The molecule has 1 amide bonds. The zero-order valence-corrected chi connectivity index (χ0v) is 26.4. The zero-order valence-electron chi connectivity index (χ0n) is 24.3. The molecule has 1 aliphatic rings. The number of amides is 1. The van der Waals surface area contributed by atoms with E-state index in [0.717, 1.165) is 54.5 Å². The van der Waals surface area contributed by atoms with Gasteiger partial charge in [-0.15, -0.1) is 0 Å². The number of rotatable bonds is 11. The Balaban J connectivity index is 1.55. The molecule has 2 radical (unpaired) electrons. The topological polar surface area (TPSA) is 73.9 Å². The number of carbonyl (C=O) groups is 2. The third-order valence-corrected chi connectivity index (χ3v) is 7.91. The van der Waals surface area contributed by atoms with Gasteiger partial charge in [0, 0.05) is 5.39 Å². The molecular formula is C33H36BFINO5. The molecule has 0 bridgehead atoms. The van der Waals surface area contributed by atoms with Crippen LogP contribution >= 0.6 is 23.0 Å². The van der Waals surface area contributed by atoms with Crippen molar-refractivity contribution in [1.82, 2.24) is 5.32 Å². The lowest BCUT2D eigenvalue weighted by molar-refractivity contribution is -0.133. The average Bonchev–Trinajstić information content (AvgIpc) is 2.92. The molecule has 1 N–H and O–H groups in total. The van der Waals surface area contributed by atoms with Gasteiger partial charge in [0.05, 0.1) is 5.56 Å². The summed E-state index contributed by atoms with van der Waals surface area (Å²) in [6.45, 7) is 9.64.